The molecule has 0 bridgehead atoms. The smallest absolute Gasteiger partial charge is 0.407 e. The Hall–Kier alpha value is -1.76. The third-order valence-electron chi connectivity index (χ3n) is 2.85. The van der Waals surface area contributed by atoms with E-state index in [1.54, 1.807) is 18.2 Å². The summed E-state index contributed by atoms with van der Waals surface area (Å²) in [6.07, 6.45) is 1.03. The molecule has 0 atom stereocenters. The van der Waals surface area contributed by atoms with E-state index in [1.165, 1.54) is 7.11 Å². The molecule has 0 aliphatic rings. The van der Waals surface area contributed by atoms with E-state index in [0.717, 1.165) is 17.3 Å². The summed E-state index contributed by atoms with van der Waals surface area (Å²) in [4.78, 5) is 23.2. The Bertz CT molecular complexity index is 569. The van der Waals surface area contributed by atoms with E-state index in [2.05, 4.69) is 21.2 Å². The minimum Gasteiger partial charge on any atom is -0.493 e. The lowest BCUT2D eigenvalue weighted by molar-refractivity contribution is 0.0524. The van der Waals surface area contributed by atoms with Gasteiger partial charge in [-0.05, 0) is 51.8 Å². The maximum absolute atomic E-state index is 11.7. The standard InChI is InChI=1S/C17H24BrNO5/c1-17(2,3)24-16(21)19-9-5-6-10-23-14-11-12(18)7-8-13(14)15(20)22-4/h7-8,11H,5-6,9-10H2,1-4H3,(H,19,21). The van der Waals surface area contributed by atoms with E-state index in [1.807, 2.05) is 20.8 Å². The molecule has 0 unspecified atom stereocenters. The van der Waals surface area contributed by atoms with Gasteiger partial charge in [0.15, 0.2) is 0 Å². The Morgan fingerprint density at radius 3 is 2.54 bits per heavy atom. The third-order valence-corrected chi connectivity index (χ3v) is 3.34. The van der Waals surface area contributed by atoms with Crippen LogP contribution >= 0.6 is 15.9 Å². The number of carbonyl (C=O) groups excluding carboxylic acids is 2. The first kappa shape index (κ1) is 20.3. The van der Waals surface area contributed by atoms with Gasteiger partial charge in [-0.3, -0.25) is 0 Å². The van der Waals surface area contributed by atoms with Gasteiger partial charge in [-0.25, -0.2) is 9.59 Å². The zero-order chi connectivity index (χ0) is 18.2. The first-order chi connectivity index (χ1) is 11.2. The molecule has 1 N–H and O–H groups in total. The number of hydrogen-bond donors (Lipinski definition) is 1. The van der Waals surface area contributed by atoms with Crippen molar-refractivity contribution in [2.75, 3.05) is 20.3 Å². The van der Waals surface area contributed by atoms with Crippen LogP contribution in [0.15, 0.2) is 22.7 Å². The SMILES string of the molecule is COC(=O)c1ccc(Br)cc1OCCCCNC(=O)OC(C)(C)C. The molecule has 0 heterocycles. The van der Waals surface area contributed by atoms with Gasteiger partial charge in [-0.15, -0.1) is 0 Å². The normalized spacial score (nSPS) is 10.9. The summed E-state index contributed by atoms with van der Waals surface area (Å²) < 4.78 is 16.3. The second-order valence-electron chi connectivity index (χ2n) is 6.12. The van der Waals surface area contributed by atoms with E-state index >= 15 is 0 Å². The van der Waals surface area contributed by atoms with Crippen molar-refractivity contribution in [1.82, 2.24) is 5.32 Å². The summed E-state index contributed by atoms with van der Waals surface area (Å²) in [6.45, 7) is 6.38. The molecule has 1 rings (SSSR count). The van der Waals surface area contributed by atoms with E-state index in [9.17, 15) is 9.59 Å². The predicted molar refractivity (Wildman–Crippen MR) is 94.4 cm³/mol. The minimum absolute atomic E-state index is 0.382. The molecule has 1 aromatic carbocycles. The second-order valence-corrected chi connectivity index (χ2v) is 7.03. The minimum atomic E-state index is -0.502. The Labute approximate surface area is 151 Å². The van der Waals surface area contributed by atoms with Crippen LogP contribution in [0.25, 0.3) is 0 Å². The molecule has 0 aliphatic heterocycles. The number of amides is 1. The van der Waals surface area contributed by atoms with E-state index in [4.69, 9.17) is 14.2 Å². The number of methoxy groups -OCH3 is 1. The van der Waals surface area contributed by atoms with Gasteiger partial charge in [0.2, 0.25) is 0 Å². The zero-order valence-electron chi connectivity index (χ0n) is 14.5. The number of benzene rings is 1. The zero-order valence-corrected chi connectivity index (χ0v) is 16.1. The first-order valence-corrected chi connectivity index (χ1v) is 8.50. The van der Waals surface area contributed by atoms with Crippen molar-refractivity contribution in [2.24, 2.45) is 0 Å². The van der Waals surface area contributed by atoms with Crippen molar-refractivity contribution in [1.29, 1.82) is 0 Å². The van der Waals surface area contributed by atoms with Gasteiger partial charge in [0.25, 0.3) is 0 Å². The van der Waals surface area contributed by atoms with Crippen molar-refractivity contribution < 1.29 is 23.8 Å². The molecular weight excluding hydrogens is 378 g/mol. The molecule has 0 saturated carbocycles. The van der Waals surface area contributed by atoms with Gasteiger partial charge in [-0.1, -0.05) is 15.9 Å². The van der Waals surface area contributed by atoms with Gasteiger partial charge in [0, 0.05) is 11.0 Å². The summed E-state index contributed by atoms with van der Waals surface area (Å²) in [5.74, 6) is 0.0282. The number of ether oxygens (including phenoxy) is 3. The Morgan fingerprint density at radius 2 is 1.92 bits per heavy atom. The Morgan fingerprint density at radius 1 is 1.21 bits per heavy atom. The highest BCUT2D eigenvalue weighted by molar-refractivity contribution is 9.10. The van der Waals surface area contributed by atoms with Crippen LogP contribution in [0, 0.1) is 0 Å². The van der Waals surface area contributed by atoms with Crippen molar-refractivity contribution in [3.8, 4) is 5.75 Å². The number of hydrogen-bond acceptors (Lipinski definition) is 5. The van der Waals surface area contributed by atoms with E-state index in [-0.39, 0.29) is 0 Å². The molecule has 1 amide bonds. The van der Waals surface area contributed by atoms with Crippen LogP contribution in [-0.4, -0.2) is 37.9 Å². The molecule has 0 saturated heterocycles. The number of carbonyl (C=O) groups is 2. The largest absolute Gasteiger partial charge is 0.493 e. The van der Waals surface area contributed by atoms with Crippen molar-refractivity contribution >= 4 is 28.0 Å². The monoisotopic (exact) mass is 401 g/mol. The quantitative estimate of drug-likeness (QED) is 0.553. The lowest BCUT2D eigenvalue weighted by Crippen LogP contribution is -2.33. The van der Waals surface area contributed by atoms with Crippen molar-refractivity contribution in [3.63, 3.8) is 0 Å². The van der Waals surface area contributed by atoms with Crippen LogP contribution in [0.1, 0.15) is 44.0 Å². The molecule has 134 valence electrons. The molecule has 6 nitrogen and oxygen atoms in total. The molecule has 0 aromatic heterocycles. The van der Waals surface area contributed by atoms with E-state index < -0.39 is 17.7 Å². The molecular formula is C17H24BrNO5. The van der Waals surface area contributed by atoms with Gasteiger partial charge < -0.3 is 19.5 Å². The molecule has 0 aliphatic carbocycles. The maximum Gasteiger partial charge on any atom is 0.407 e. The average molecular weight is 402 g/mol. The Balaban J connectivity index is 2.34. The maximum atomic E-state index is 11.7. The summed E-state index contributed by atoms with van der Waals surface area (Å²) in [6, 6.07) is 5.13. The third kappa shape index (κ3) is 7.68. The summed E-state index contributed by atoms with van der Waals surface area (Å²) >= 11 is 3.35. The fourth-order valence-electron chi connectivity index (χ4n) is 1.81. The second kappa shape index (κ2) is 9.52. The number of nitrogens with one attached hydrogen (secondary N) is 1. The predicted octanol–water partition coefficient (Wildman–Crippen LogP) is 3.92. The van der Waals surface area contributed by atoms with Gasteiger partial charge in [-0.2, -0.15) is 0 Å². The number of rotatable bonds is 7. The highest BCUT2D eigenvalue weighted by atomic mass is 79.9. The van der Waals surface area contributed by atoms with Crippen LogP contribution in [0.3, 0.4) is 0 Å². The average Bonchev–Trinajstić information content (AvgIpc) is 2.48. The summed E-state index contributed by atoms with van der Waals surface area (Å²) in [5.41, 5.74) is -0.120. The number of halogens is 1. The molecule has 0 fully saturated rings. The highest BCUT2D eigenvalue weighted by Gasteiger charge is 2.15. The van der Waals surface area contributed by atoms with Crippen molar-refractivity contribution in [3.05, 3.63) is 28.2 Å². The van der Waals surface area contributed by atoms with Crippen LogP contribution in [0.5, 0.6) is 5.75 Å². The van der Waals surface area contributed by atoms with Crippen LogP contribution in [0.4, 0.5) is 4.79 Å². The van der Waals surface area contributed by atoms with Gasteiger partial charge in [0.1, 0.15) is 16.9 Å². The van der Waals surface area contributed by atoms with Crippen LogP contribution < -0.4 is 10.1 Å². The number of esters is 1. The first-order valence-electron chi connectivity index (χ1n) is 7.70. The Kier molecular flexibility index (Phi) is 8.04. The highest BCUT2D eigenvalue weighted by Crippen LogP contribution is 2.24. The van der Waals surface area contributed by atoms with Crippen molar-refractivity contribution in [2.45, 2.75) is 39.2 Å². The fourth-order valence-corrected chi connectivity index (χ4v) is 2.15. The topological polar surface area (TPSA) is 73.9 Å². The molecule has 24 heavy (non-hydrogen) atoms. The number of alkyl carbamates (subject to hydrolysis) is 1. The van der Waals surface area contributed by atoms with E-state index in [0.29, 0.717) is 24.5 Å². The molecule has 1 aromatic rings. The summed E-state index contributed by atoms with van der Waals surface area (Å²) in [7, 11) is 1.33. The lowest BCUT2D eigenvalue weighted by Gasteiger charge is -2.19. The molecule has 0 radical (unpaired) electrons. The van der Waals surface area contributed by atoms with Crippen LogP contribution in [-0.2, 0) is 9.47 Å². The summed E-state index contributed by atoms with van der Waals surface area (Å²) in [5, 5.41) is 2.69. The fraction of sp³-hybridized carbons (Fsp3) is 0.529. The van der Waals surface area contributed by atoms with Crippen LogP contribution in [0.2, 0.25) is 0 Å². The molecule has 0 spiro atoms. The van der Waals surface area contributed by atoms with Gasteiger partial charge in [0.05, 0.1) is 13.7 Å². The lowest BCUT2D eigenvalue weighted by atomic mass is 10.2. The van der Waals surface area contributed by atoms with Gasteiger partial charge >= 0.3 is 12.1 Å². The number of unbranched alkanes of at least 4 members (excludes halogenated alkanes) is 1. The molecule has 7 heteroatoms.